The van der Waals surface area contributed by atoms with Gasteiger partial charge in [0.1, 0.15) is 5.82 Å². The molecule has 1 atom stereocenters. The molecule has 0 aliphatic rings. The lowest BCUT2D eigenvalue weighted by molar-refractivity contribution is 0.587. The van der Waals surface area contributed by atoms with Gasteiger partial charge in [0.15, 0.2) is 0 Å². The molecule has 0 radical (unpaired) electrons. The van der Waals surface area contributed by atoms with E-state index >= 15 is 0 Å². The van der Waals surface area contributed by atoms with Gasteiger partial charge in [-0.25, -0.2) is 4.39 Å². The van der Waals surface area contributed by atoms with Crippen LogP contribution in [0.2, 0.25) is 0 Å². The van der Waals surface area contributed by atoms with Crippen LogP contribution in [0.15, 0.2) is 46.9 Å². The Balaban J connectivity index is 2.18. The third-order valence-electron chi connectivity index (χ3n) is 3.04. The monoisotopic (exact) mass is 433 g/mol. The van der Waals surface area contributed by atoms with Crippen LogP contribution >= 0.6 is 38.5 Å². The van der Waals surface area contributed by atoms with Crippen LogP contribution in [-0.2, 0) is 6.42 Å². The van der Waals surface area contributed by atoms with Crippen molar-refractivity contribution in [3.8, 4) is 0 Å². The van der Waals surface area contributed by atoms with Crippen molar-refractivity contribution in [2.24, 2.45) is 0 Å². The molecule has 19 heavy (non-hydrogen) atoms. The molecule has 0 bridgehead atoms. The van der Waals surface area contributed by atoms with E-state index in [1.165, 1.54) is 15.2 Å². The molecule has 0 saturated carbocycles. The maximum Gasteiger partial charge on any atom is 0.137 e. The molecule has 4 heteroatoms. The van der Waals surface area contributed by atoms with Crippen molar-refractivity contribution in [2.75, 3.05) is 7.05 Å². The Kier molecular flexibility index (Phi) is 5.36. The van der Waals surface area contributed by atoms with Crippen LogP contribution in [0.25, 0.3) is 0 Å². The second kappa shape index (κ2) is 6.81. The van der Waals surface area contributed by atoms with Gasteiger partial charge in [-0.2, -0.15) is 0 Å². The fourth-order valence-electron chi connectivity index (χ4n) is 1.98. The molecule has 1 unspecified atom stereocenters. The third-order valence-corrected chi connectivity index (χ3v) is 4.37. The first-order chi connectivity index (χ1) is 9.10. The van der Waals surface area contributed by atoms with Gasteiger partial charge < -0.3 is 5.32 Å². The second-order valence-corrected chi connectivity index (χ2v) is 6.45. The molecule has 2 aromatic rings. The number of rotatable bonds is 4. The lowest BCUT2D eigenvalue weighted by Crippen LogP contribution is -2.18. The van der Waals surface area contributed by atoms with Crippen molar-refractivity contribution < 1.29 is 4.39 Å². The Bertz CT molecular complexity index is 557. The zero-order chi connectivity index (χ0) is 13.8. The van der Waals surface area contributed by atoms with E-state index < -0.39 is 0 Å². The molecule has 1 nitrogen and oxygen atoms in total. The minimum absolute atomic E-state index is 0.223. The van der Waals surface area contributed by atoms with Gasteiger partial charge in [-0.15, -0.1) is 0 Å². The molecule has 0 spiro atoms. The number of hydrogen-bond donors (Lipinski definition) is 1. The summed E-state index contributed by atoms with van der Waals surface area (Å²) in [4.78, 5) is 0. The number of benzene rings is 2. The largest absolute Gasteiger partial charge is 0.313 e. The molecule has 0 aliphatic carbocycles. The minimum Gasteiger partial charge on any atom is -0.313 e. The zero-order valence-electron chi connectivity index (χ0n) is 10.5. The summed E-state index contributed by atoms with van der Waals surface area (Å²) >= 11 is 5.52. The summed E-state index contributed by atoms with van der Waals surface area (Å²) in [5.74, 6) is -0.223. The lowest BCUT2D eigenvalue weighted by atomic mass is 9.99. The van der Waals surface area contributed by atoms with E-state index in [0.717, 1.165) is 12.0 Å². The van der Waals surface area contributed by atoms with E-state index in [2.05, 4.69) is 68.1 Å². The van der Waals surface area contributed by atoms with Gasteiger partial charge in [0, 0.05) is 9.61 Å². The summed E-state index contributed by atoms with van der Waals surface area (Å²) in [6, 6.07) is 13.9. The molecular formula is C15H14BrFIN. The van der Waals surface area contributed by atoms with Crippen LogP contribution in [-0.4, -0.2) is 7.05 Å². The highest BCUT2D eigenvalue weighted by molar-refractivity contribution is 14.1. The molecular weight excluding hydrogens is 420 g/mol. The van der Waals surface area contributed by atoms with Crippen molar-refractivity contribution in [2.45, 2.75) is 12.5 Å². The van der Waals surface area contributed by atoms with Gasteiger partial charge in [0.2, 0.25) is 0 Å². The van der Waals surface area contributed by atoms with Crippen LogP contribution in [0, 0.1) is 9.39 Å². The Morgan fingerprint density at radius 1 is 1.21 bits per heavy atom. The highest BCUT2D eigenvalue weighted by Crippen LogP contribution is 2.23. The van der Waals surface area contributed by atoms with E-state index in [9.17, 15) is 4.39 Å². The van der Waals surface area contributed by atoms with Crippen LogP contribution < -0.4 is 5.32 Å². The lowest BCUT2D eigenvalue weighted by Gasteiger charge is -2.17. The fourth-order valence-corrected chi connectivity index (χ4v) is 2.77. The average molecular weight is 434 g/mol. The van der Waals surface area contributed by atoms with Crippen LogP contribution in [0.4, 0.5) is 4.39 Å². The van der Waals surface area contributed by atoms with Gasteiger partial charge in [-0.3, -0.25) is 0 Å². The first-order valence-corrected chi connectivity index (χ1v) is 7.84. The maximum absolute atomic E-state index is 13.2. The van der Waals surface area contributed by atoms with Crippen LogP contribution in [0.3, 0.4) is 0 Å². The summed E-state index contributed by atoms with van der Waals surface area (Å²) in [6.45, 7) is 0. The topological polar surface area (TPSA) is 12.0 Å². The standard InChI is InChI=1S/C15H14BrFIN/c1-19-15(11-3-5-12(18)6-4-11)9-10-2-7-14(17)13(16)8-10/h2-8,15,19H,9H2,1H3. The number of halogens is 3. The predicted octanol–water partition coefficient (Wildman–Crippen LogP) is 4.70. The number of likely N-dealkylation sites (N-methyl/N-ethyl adjacent to an activating group) is 1. The number of hydrogen-bond acceptors (Lipinski definition) is 1. The van der Waals surface area contributed by atoms with Crippen LogP contribution in [0.1, 0.15) is 17.2 Å². The normalized spacial score (nSPS) is 12.4. The zero-order valence-corrected chi connectivity index (χ0v) is 14.2. The van der Waals surface area contributed by atoms with Crippen molar-refractivity contribution in [1.82, 2.24) is 5.32 Å². The molecule has 0 saturated heterocycles. The SMILES string of the molecule is CNC(Cc1ccc(F)c(Br)c1)c1ccc(I)cc1. The van der Waals surface area contributed by atoms with E-state index in [4.69, 9.17) is 0 Å². The quantitative estimate of drug-likeness (QED) is 0.689. The Labute approximate surface area is 134 Å². The molecule has 0 aromatic heterocycles. The molecule has 2 aromatic carbocycles. The Morgan fingerprint density at radius 3 is 2.47 bits per heavy atom. The average Bonchev–Trinajstić information content (AvgIpc) is 2.41. The highest BCUT2D eigenvalue weighted by atomic mass is 127. The van der Waals surface area contributed by atoms with E-state index in [1.54, 1.807) is 0 Å². The van der Waals surface area contributed by atoms with E-state index in [1.807, 2.05) is 19.2 Å². The van der Waals surface area contributed by atoms with Gasteiger partial charge in [-0.1, -0.05) is 18.2 Å². The summed E-state index contributed by atoms with van der Waals surface area (Å²) < 4.78 is 15.0. The minimum atomic E-state index is -0.223. The maximum atomic E-state index is 13.2. The molecule has 1 N–H and O–H groups in total. The predicted molar refractivity (Wildman–Crippen MR) is 88.8 cm³/mol. The summed E-state index contributed by atoms with van der Waals surface area (Å²) in [5, 5.41) is 3.31. The van der Waals surface area contributed by atoms with Crippen LogP contribution in [0.5, 0.6) is 0 Å². The highest BCUT2D eigenvalue weighted by Gasteiger charge is 2.11. The van der Waals surface area contributed by atoms with E-state index in [0.29, 0.717) is 4.47 Å². The molecule has 2 rings (SSSR count). The number of nitrogens with one attached hydrogen (secondary N) is 1. The van der Waals surface area contributed by atoms with E-state index in [-0.39, 0.29) is 11.9 Å². The first-order valence-electron chi connectivity index (χ1n) is 5.97. The molecule has 100 valence electrons. The Hall–Kier alpha value is -0.460. The van der Waals surface area contributed by atoms with Crippen molar-refractivity contribution in [3.63, 3.8) is 0 Å². The van der Waals surface area contributed by atoms with Gasteiger partial charge >= 0.3 is 0 Å². The molecule has 0 amide bonds. The molecule has 0 aliphatic heterocycles. The first kappa shape index (κ1) is 14.9. The molecule has 0 heterocycles. The van der Waals surface area contributed by atoms with Gasteiger partial charge in [0.05, 0.1) is 4.47 Å². The van der Waals surface area contributed by atoms with Crippen molar-refractivity contribution in [3.05, 3.63) is 67.5 Å². The molecule has 0 fully saturated rings. The van der Waals surface area contributed by atoms with Crippen molar-refractivity contribution >= 4 is 38.5 Å². The van der Waals surface area contributed by atoms with Crippen molar-refractivity contribution in [1.29, 1.82) is 0 Å². The smallest absolute Gasteiger partial charge is 0.137 e. The summed E-state index contributed by atoms with van der Waals surface area (Å²) in [6.07, 6.45) is 0.829. The fraction of sp³-hybridized carbons (Fsp3) is 0.200. The second-order valence-electron chi connectivity index (χ2n) is 4.35. The third kappa shape index (κ3) is 4.00. The Morgan fingerprint density at radius 2 is 1.89 bits per heavy atom. The summed E-state index contributed by atoms with van der Waals surface area (Å²) in [7, 11) is 1.95. The summed E-state index contributed by atoms with van der Waals surface area (Å²) in [5.41, 5.74) is 2.34. The van der Waals surface area contributed by atoms with Gasteiger partial charge in [0.25, 0.3) is 0 Å². The van der Waals surface area contributed by atoms with Gasteiger partial charge in [-0.05, 0) is 87.4 Å².